The maximum atomic E-state index is 13.1. The average Bonchev–Trinajstić information content (AvgIpc) is 3.05. The van der Waals surface area contributed by atoms with E-state index in [9.17, 15) is 22.4 Å². The van der Waals surface area contributed by atoms with Crippen LogP contribution in [0.5, 0.6) is 5.75 Å². The normalized spacial score (nSPS) is 11.5. The highest BCUT2D eigenvalue weighted by Crippen LogP contribution is 2.33. The Labute approximate surface area is 186 Å². The van der Waals surface area contributed by atoms with Gasteiger partial charge in [0, 0.05) is 19.2 Å². The monoisotopic (exact) mass is 477 g/mol. The van der Waals surface area contributed by atoms with Crippen LogP contribution in [0.2, 0.25) is 0 Å². The van der Waals surface area contributed by atoms with Crippen molar-refractivity contribution in [1.29, 1.82) is 0 Å². The van der Waals surface area contributed by atoms with Crippen LogP contribution in [0, 0.1) is 5.82 Å². The van der Waals surface area contributed by atoms with Crippen LogP contribution < -0.4 is 9.64 Å². The van der Waals surface area contributed by atoms with Gasteiger partial charge in [0.25, 0.3) is 0 Å². The minimum Gasteiger partial charge on any atom is -0.406 e. The molecule has 0 unspecified atom stereocenters. The number of benzene rings is 2. The number of hydrogen-bond acceptors (Lipinski definition) is 5. The lowest BCUT2D eigenvalue weighted by molar-refractivity contribution is -0.274. The summed E-state index contributed by atoms with van der Waals surface area (Å²) >= 11 is 1.11. The summed E-state index contributed by atoms with van der Waals surface area (Å²) in [6.45, 7) is 0.909. The summed E-state index contributed by atoms with van der Waals surface area (Å²) in [5, 5.41) is 0.378. The van der Waals surface area contributed by atoms with Crippen LogP contribution in [-0.2, 0) is 11.2 Å². The third kappa shape index (κ3) is 7.05. The van der Waals surface area contributed by atoms with Crippen LogP contribution in [-0.4, -0.2) is 49.3 Å². The fourth-order valence-electron chi connectivity index (χ4n) is 2.70. The Morgan fingerprint density at radius 2 is 1.77 bits per heavy atom. The molecule has 1 aromatic heterocycles. The molecule has 0 spiro atoms. The first kappa shape index (κ1) is 24.8. The van der Waals surface area contributed by atoms with Gasteiger partial charge in [0.1, 0.15) is 11.6 Å². The van der Waals surface area contributed by atoms with Gasteiger partial charge in [-0.1, -0.05) is 23.5 Å². The molecule has 0 aliphatic carbocycles. The second kappa shape index (κ2) is 10.3. The van der Waals surface area contributed by atoms with Crippen molar-refractivity contribution >= 4 is 45.0 Å². The molecular weight excluding hydrogens is 458 g/mol. The fraction of sp³-hybridized carbons (Fsp3) is 0.300. The number of alkyl halides is 3. The molecule has 0 fully saturated rings. The van der Waals surface area contributed by atoms with Gasteiger partial charge in [-0.2, -0.15) is 0 Å². The SMILES string of the molecule is CN(C)CCN(C(=O)Cc1ccc(F)cc1)c1nc2ccc(OC(F)(F)F)cc2s1.Cl. The standard InChI is InChI=1S/C20H19F4N3O2S.ClH/c1-26(2)9-10-27(18(28)11-13-3-5-14(21)6-4-13)19-25-16-8-7-15(12-17(16)30-19)29-20(22,23)24;/h3-8,12H,9-11H2,1-2H3;1H. The van der Waals surface area contributed by atoms with Crippen molar-refractivity contribution in [2.75, 3.05) is 32.1 Å². The lowest BCUT2D eigenvalue weighted by Crippen LogP contribution is -2.37. The van der Waals surface area contributed by atoms with E-state index in [1.165, 1.54) is 47.4 Å². The van der Waals surface area contributed by atoms with E-state index >= 15 is 0 Å². The summed E-state index contributed by atoms with van der Waals surface area (Å²) in [7, 11) is 3.73. The number of rotatable bonds is 7. The van der Waals surface area contributed by atoms with E-state index in [1.54, 1.807) is 0 Å². The van der Waals surface area contributed by atoms with E-state index in [0.717, 1.165) is 11.3 Å². The molecule has 0 saturated carbocycles. The summed E-state index contributed by atoms with van der Waals surface area (Å²) < 4.78 is 55.0. The molecule has 11 heteroatoms. The van der Waals surface area contributed by atoms with Gasteiger partial charge in [0.05, 0.1) is 16.6 Å². The van der Waals surface area contributed by atoms with Gasteiger partial charge in [-0.25, -0.2) is 9.37 Å². The van der Waals surface area contributed by atoms with Gasteiger partial charge in [0.15, 0.2) is 5.13 Å². The van der Waals surface area contributed by atoms with Gasteiger partial charge < -0.3 is 9.64 Å². The van der Waals surface area contributed by atoms with Crippen molar-refractivity contribution in [1.82, 2.24) is 9.88 Å². The maximum Gasteiger partial charge on any atom is 0.573 e. The van der Waals surface area contributed by atoms with Gasteiger partial charge in [-0.05, 0) is 43.9 Å². The van der Waals surface area contributed by atoms with Crippen molar-refractivity contribution < 1.29 is 27.1 Å². The lowest BCUT2D eigenvalue weighted by Gasteiger charge is -2.22. The molecule has 0 N–H and O–H groups in total. The number of nitrogens with zero attached hydrogens (tertiary/aromatic N) is 3. The highest BCUT2D eigenvalue weighted by Gasteiger charge is 2.31. The zero-order chi connectivity index (χ0) is 21.9. The van der Waals surface area contributed by atoms with E-state index < -0.39 is 12.2 Å². The van der Waals surface area contributed by atoms with Crippen LogP contribution in [0.4, 0.5) is 22.7 Å². The van der Waals surface area contributed by atoms with Crippen LogP contribution >= 0.6 is 23.7 Å². The average molecular weight is 478 g/mol. The third-order valence-electron chi connectivity index (χ3n) is 4.15. The van der Waals surface area contributed by atoms with Crippen molar-refractivity contribution in [3.8, 4) is 5.75 Å². The number of carbonyl (C=O) groups excluding carboxylic acids is 1. The zero-order valence-electron chi connectivity index (χ0n) is 16.6. The smallest absolute Gasteiger partial charge is 0.406 e. The molecule has 31 heavy (non-hydrogen) atoms. The summed E-state index contributed by atoms with van der Waals surface area (Å²) in [4.78, 5) is 20.8. The predicted molar refractivity (Wildman–Crippen MR) is 115 cm³/mol. The van der Waals surface area contributed by atoms with Crippen molar-refractivity contribution in [2.45, 2.75) is 12.8 Å². The van der Waals surface area contributed by atoms with Crippen LogP contribution in [0.25, 0.3) is 10.2 Å². The van der Waals surface area contributed by atoms with Gasteiger partial charge in [-0.3, -0.25) is 9.69 Å². The van der Waals surface area contributed by atoms with Gasteiger partial charge >= 0.3 is 6.36 Å². The molecule has 2 aromatic carbocycles. The first-order valence-electron chi connectivity index (χ1n) is 8.96. The minimum absolute atomic E-state index is 0. The lowest BCUT2D eigenvalue weighted by atomic mass is 10.1. The number of hydrogen-bond donors (Lipinski definition) is 0. The number of ether oxygens (including phenoxy) is 1. The fourth-order valence-corrected chi connectivity index (χ4v) is 3.74. The third-order valence-corrected chi connectivity index (χ3v) is 5.19. The number of carbonyl (C=O) groups is 1. The Kier molecular flexibility index (Phi) is 8.21. The molecule has 0 aliphatic rings. The van der Waals surface area contributed by atoms with E-state index in [-0.39, 0.29) is 30.5 Å². The molecule has 1 amide bonds. The van der Waals surface area contributed by atoms with Gasteiger partial charge in [0.2, 0.25) is 5.91 Å². The van der Waals surface area contributed by atoms with E-state index in [4.69, 9.17) is 0 Å². The molecule has 0 saturated heterocycles. The highest BCUT2D eigenvalue weighted by atomic mass is 35.5. The van der Waals surface area contributed by atoms with E-state index in [0.29, 0.717) is 34.0 Å². The van der Waals surface area contributed by atoms with Crippen molar-refractivity contribution in [3.63, 3.8) is 0 Å². The Morgan fingerprint density at radius 1 is 1.10 bits per heavy atom. The number of aromatic nitrogens is 1. The zero-order valence-corrected chi connectivity index (χ0v) is 18.3. The summed E-state index contributed by atoms with van der Waals surface area (Å²) in [6, 6.07) is 9.50. The number of fused-ring (bicyclic) bond motifs is 1. The Morgan fingerprint density at radius 3 is 2.39 bits per heavy atom. The van der Waals surface area contributed by atoms with Gasteiger partial charge in [-0.15, -0.1) is 25.6 Å². The second-order valence-corrected chi connectivity index (χ2v) is 7.83. The highest BCUT2D eigenvalue weighted by molar-refractivity contribution is 7.22. The number of likely N-dealkylation sites (N-methyl/N-ethyl adjacent to an activating group) is 1. The molecule has 3 aromatic rings. The molecule has 3 rings (SSSR count). The molecule has 168 valence electrons. The summed E-state index contributed by atoms with van der Waals surface area (Å²) in [5.74, 6) is -0.976. The Hall–Kier alpha value is -2.43. The number of thiazole rings is 1. The predicted octanol–water partition coefficient (Wildman–Crippen LogP) is 4.89. The second-order valence-electron chi connectivity index (χ2n) is 6.83. The van der Waals surface area contributed by atoms with E-state index in [2.05, 4.69) is 9.72 Å². The first-order valence-corrected chi connectivity index (χ1v) is 9.78. The number of halogens is 5. The van der Waals surface area contributed by atoms with E-state index in [1.807, 2.05) is 19.0 Å². The molecule has 0 atom stereocenters. The minimum atomic E-state index is -4.79. The first-order chi connectivity index (χ1) is 14.1. The molecular formula is C20H20ClF4N3O2S. The number of anilines is 1. The largest absolute Gasteiger partial charge is 0.573 e. The molecule has 5 nitrogen and oxygen atoms in total. The molecule has 0 aliphatic heterocycles. The van der Waals surface area contributed by atoms with Crippen molar-refractivity contribution in [2.24, 2.45) is 0 Å². The maximum absolute atomic E-state index is 13.1. The van der Waals surface area contributed by atoms with Crippen LogP contribution in [0.15, 0.2) is 42.5 Å². The van der Waals surface area contributed by atoms with Crippen LogP contribution in [0.3, 0.4) is 0 Å². The molecule has 0 radical (unpaired) electrons. The molecule has 0 bridgehead atoms. The quantitative estimate of drug-likeness (QED) is 0.454. The molecule has 1 heterocycles. The number of amides is 1. The Balaban J connectivity index is 0.00000341. The topological polar surface area (TPSA) is 45.7 Å². The van der Waals surface area contributed by atoms with Crippen LogP contribution in [0.1, 0.15) is 5.56 Å². The summed E-state index contributed by atoms with van der Waals surface area (Å²) in [5.41, 5.74) is 1.12. The van der Waals surface area contributed by atoms with Crippen molar-refractivity contribution in [3.05, 3.63) is 53.8 Å². The Bertz CT molecular complexity index is 1030. The summed E-state index contributed by atoms with van der Waals surface area (Å²) in [6.07, 6.45) is -4.74.